The highest BCUT2D eigenvalue weighted by Crippen LogP contribution is 2.22. The summed E-state index contributed by atoms with van der Waals surface area (Å²) in [7, 11) is -3.39. The fourth-order valence-electron chi connectivity index (χ4n) is 1.21. The van der Waals surface area contributed by atoms with Gasteiger partial charge in [0.25, 0.3) is 0 Å². The third kappa shape index (κ3) is 4.54. The topological polar surface area (TPSA) is 75.3 Å². The predicted octanol–water partition coefficient (Wildman–Crippen LogP) is 1.87. The lowest BCUT2D eigenvalue weighted by Crippen LogP contribution is -2.22. The lowest BCUT2D eigenvalue weighted by atomic mass is 10.2. The summed E-state index contributed by atoms with van der Waals surface area (Å²) >= 11 is 5.59. The minimum absolute atomic E-state index is 0.202. The molecule has 0 saturated heterocycles. The lowest BCUT2D eigenvalue weighted by molar-refractivity contribution is -0.118. The molecule has 0 fully saturated rings. The van der Waals surface area contributed by atoms with Crippen LogP contribution < -0.4 is 10.0 Å². The summed E-state index contributed by atoms with van der Waals surface area (Å²) in [6.07, 6.45) is 1.05. The molecule has 0 aliphatic heterocycles. The van der Waals surface area contributed by atoms with E-state index in [4.69, 9.17) is 11.6 Å². The number of halogens is 1. The van der Waals surface area contributed by atoms with Gasteiger partial charge < -0.3 is 5.32 Å². The van der Waals surface area contributed by atoms with Gasteiger partial charge in [-0.25, -0.2) is 8.42 Å². The van der Waals surface area contributed by atoms with Crippen molar-refractivity contribution in [1.82, 2.24) is 0 Å². The van der Waals surface area contributed by atoms with Crippen molar-refractivity contribution in [3.8, 4) is 0 Å². The molecule has 1 amide bonds. The molecule has 5 nitrogen and oxygen atoms in total. The zero-order chi connectivity index (χ0) is 13.8. The highest BCUT2D eigenvalue weighted by atomic mass is 35.5. The Morgan fingerprint density at radius 2 is 1.89 bits per heavy atom. The Hall–Kier alpha value is -1.27. The van der Waals surface area contributed by atoms with Gasteiger partial charge in [0.15, 0.2) is 0 Å². The first-order chi connectivity index (χ1) is 8.33. The number of carbonyl (C=O) groups excluding carboxylic acids is 1. The Morgan fingerprint density at radius 3 is 2.39 bits per heavy atom. The molecule has 100 valence electrons. The SMILES string of the molecule is CC(CCl)C(=O)Nc1ccccc1NS(C)(=O)=O. The first-order valence-corrected chi connectivity index (χ1v) is 7.69. The zero-order valence-corrected chi connectivity index (χ0v) is 11.7. The highest BCUT2D eigenvalue weighted by molar-refractivity contribution is 7.92. The number of carbonyl (C=O) groups is 1. The molecule has 0 spiro atoms. The second kappa shape index (κ2) is 6.06. The normalized spacial score (nSPS) is 12.8. The second-order valence-electron chi connectivity index (χ2n) is 3.96. The number of nitrogens with one attached hydrogen (secondary N) is 2. The molecule has 0 aliphatic carbocycles. The second-order valence-corrected chi connectivity index (χ2v) is 6.02. The summed E-state index contributed by atoms with van der Waals surface area (Å²) in [4.78, 5) is 11.7. The number of para-hydroxylation sites is 2. The average molecular weight is 291 g/mol. The summed E-state index contributed by atoms with van der Waals surface area (Å²) in [5, 5.41) is 2.63. The van der Waals surface area contributed by atoms with Crippen LogP contribution in [0.3, 0.4) is 0 Å². The summed E-state index contributed by atoms with van der Waals surface area (Å²) in [5.74, 6) is -0.404. The van der Waals surface area contributed by atoms with Gasteiger partial charge in [-0.2, -0.15) is 0 Å². The Balaban J connectivity index is 2.93. The van der Waals surface area contributed by atoms with E-state index in [1.54, 1.807) is 31.2 Å². The molecule has 7 heteroatoms. The number of benzene rings is 1. The van der Waals surface area contributed by atoms with Gasteiger partial charge in [0.1, 0.15) is 0 Å². The summed E-state index contributed by atoms with van der Waals surface area (Å²) < 4.78 is 24.7. The largest absolute Gasteiger partial charge is 0.324 e. The van der Waals surface area contributed by atoms with Crippen molar-refractivity contribution in [2.75, 3.05) is 22.2 Å². The summed E-state index contributed by atoms with van der Waals surface area (Å²) in [6.45, 7) is 1.69. The van der Waals surface area contributed by atoms with Crippen molar-refractivity contribution in [2.24, 2.45) is 5.92 Å². The minimum atomic E-state index is -3.39. The standard InChI is InChI=1S/C11H15ClN2O3S/c1-8(7-12)11(15)13-9-5-3-4-6-10(9)14-18(2,16)17/h3-6,8,14H,7H2,1-2H3,(H,13,15). The average Bonchev–Trinajstić information content (AvgIpc) is 2.28. The Labute approximate surface area is 112 Å². The molecule has 0 aliphatic rings. The molecule has 0 saturated carbocycles. The van der Waals surface area contributed by atoms with Crippen molar-refractivity contribution < 1.29 is 13.2 Å². The van der Waals surface area contributed by atoms with Crippen LogP contribution in [0.4, 0.5) is 11.4 Å². The van der Waals surface area contributed by atoms with Gasteiger partial charge in [0, 0.05) is 11.8 Å². The number of anilines is 2. The number of amides is 1. The predicted molar refractivity (Wildman–Crippen MR) is 73.4 cm³/mol. The quantitative estimate of drug-likeness (QED) is 0.813. The van der Waals surface area contributed by atoms with Crippen LogP contribution in [0.25, 0.3) is 0 Å². The van der Waals surface area contributed by atoms with Crippen LogP contribution in [0.2, 0.25) is 0 Å². The molecule has 1 rings (SSSR count). The van der Waals surface area contributed by atoms with Crippen molar-refractivity contribution in [1.29, 1.82) is 0 Å². The van der Waals surface area contributed by atoms with Crippen LogP contribution in [0.1, 0.15) is 6.92 Å². The smallest absolute Gasteiger partial charge is 0.229 e. The molecule has 1 atom stereocenters. The van der Waals surface area contributed by atoms with E-state index < -0.39 is 10.0 Å². The fraction of sp³-hybridized carbons (Fsp3) is 0.364. The van der Waals surface area contributed by atoms with Gasteiger partial charge in [-0.15, -0.1) is 11.6 Å². The maximum absolute atomic E-state index is 11.7. The van der Waals surface area contributed by atoms with Crippen molar-refractivity contribution in [3.63, 3.8) is 0 Å². The van der Waals surface area contributed by atoms with Gasteiger partial charge in [-0.3, -0.25) is 9.52 Å². The van der Waals surface area contributed by atoms with Crippen molar-refractivity contribution in [2.45, 2.75) is 6.92 Å². The molecular formula is C11H15ClN2O3S. The van der Waals surface area contributed by atoms with Crippen LogP contribution in [-0.4, -0.2) is 26.5 Å². The summed E-state index contributed by atoms with van der Waals surface area (Å²) in [5.41, 5.74) is 0.736. The number of sulfonamides is 1. The maximum Gasteiger partial charge on any atom is 0.229 e. The number of alkyl halides is 1. The molecule has 0 aromatic heterocycles. The summed E-state index contributed by atoms with van der Waals surface area (Å²) in [6, 6.07) is 6.57. The number of rotatable bonds is 5. The molecule has 18 heavy (non-hydrogen) atoms. The van der Waals surface area contributed by atoms with E-state index in [-0.39, 0.29) is 17.7 Å². The van der Waals surface area contributed by atoms with E-state index >= 15 is 0 Å². The van der Waals surface area contributed by atoms with E-state index in [1.165, 1.54) is 0 Å². The van der Waals surface area contributed by atoms with Crippen LogP contribution in [0.15, 0.2) is 24.3 Å². The van der Waals surface area contributed by atoms with Crippen LogP contribution >= 0.6 is 11.6 Å². The minimum Gasteiger partial charge on any atom is -0.324 e. The van der Waals surface area contributed by atoms with Gasteiger partial charge in [-0.05, 0) is 12.1 Å². The van der Waals surface area contributed by atoms with Gasteiger partial charge in [-0.1, -0.05) is 19.1 Å². The monoisotopic (exact) mass is 290 g/mol. The van der Waals surface area contributed by atoms with E-state index in [1.807, 2.05) is 0 Å². The van der Waals surface area contributed by atoms with Gasteiger partial charge >= 0.3 is 0 Å². The van der Waals surface area contributed by atoms with Crippen LogP contribution in [-0.2, 0) is 14.8 Å². The first kappa shape index (κ1) is 14.8. The zero-order valence-electron chi connectivity index (χ0n) is 10.1. The van der Waals surface area contributed by atoms with E-state index in [0.29, 0.717) is 11.4 Å². The molecule has 1 aromatic rings. The van der Waals surface area contributed by atoms with E-state index in [9.17, 15) is 13.2 Å². The Kier molecular flexibility index (Phi) is 4.98. The molecule has 2 N–H and O–H groups in total. The molecular weight excluding hydrogens is 276 g/mol. The van der Waals surface area contributed by atoms with Gasteiger partial charge in [0.05, 0.1) is 17.6 Å². The molecule has 0 radical (unpaired) electrons. The van der Waals surface area contributed by atoms with Crippen LogP contribution in [0.5, 0.6) is 0 Å². The number of hydrogen-bond acceptors (Lipinski definition) is 3. The third-order valence-corrected chi connectivity index (χ3v) is 3.21. The van der Waals surface area contributed by atoms with E-state index in [0.717, 1.165) is 6.26 Å². The molecule has 1 unspecified atom stereocenters. The van der Waals surface area contributed by atoms with Gasteiger partial charge in [0.2, 0.25) is 15.9 Å². The molecule has 0 heterocycles. The lowest BCUT2D eigenvalue weighted by Gasteiger charge is -2.13. The van der Waals surface area contributed by atoms with E-state index in [2.05, 4.69) is 10.0 Å². The fourth-order valence-corrected chi connectivity index (χ4v) is 1.92. The van der Waals surface area contributed by atoms with Crippen LogP contribution in [0, 0.1) is 5.92 Å². The number of hydrogen-bond donors (Lipinski definition) is 2. The Bertz CT molecular complexity index is 531. The first-order valence-electron chi connectivity index (χ1n) is 5.27. The Morgan fingerprint density at radius 1 is 1.33 bits per heavy atom. The highest BCUT2D eigenvalue weighted by Gasteiger charge is 2.14. The molecule has 1 aromatic carbocycles. The van der Waals surface area contributed by atoms with Crippen molar-refractivity contribution in [3.05, 3.63) is 24.3 Å². The molecule has 0 bridgehead atoms. The third-order valence-electron chi connectivity index (χ3n) is 2.16. The maximum atomic E-state index is 11.7. The van der Waals surface area contributed by atoms with Crippen molar-refractivity contribution >= 4 is 38.9 Å².